The summed E-state index contributed by atoms with van der Waals surface area (Å²) in [4.78, 5) is 0. The molecule has 1 aromatic carbocycles. The lowest BCUT2D eigenvalue weighted by atomic mass is 9.84. The van der Waals surface area contributed by atoms with Crippen molar-refractivity contribution in [1.82, 2.24) is 0 Å². The molecule has 1 saturated heterocycles. The van der Waals surface area contributed by atoms with Crippen molar-refractivity contribution in [3.05, 3.63) is 39.9 Å². The Kier molecular flexibility index (Phi) is 5.98. The predicted octanol–water partition coefficient (Wildman–Crippen LogP) is 3.85. The highest BCUT2D eigenvalue weighted by Crippen LogP contribution is 2.38. The first-order valence-electron chi connectivity index (χ1n) is 8.56. The zero-order valence-corrected chi connectivity index (χ0v) is 15.7. The van der Waals surface area contributed by atoms with Crippen LogP contribution in [0.3, 0.4) is 0 Å². The van der Waals surface area contributed by atoms with Crippen LogP contribution in [0.4, 0.5) is 0 Å². The summed E-state index contributed by atoms with van der Waals surface area (Å²) in [5, 5.41) is 9.84. The molecule has 1 spiro atoms. The van der Waals surface area contributed by atoms with E-state index in [1.807, 2.05) is 12.1 Å². The Morgan fingerprint density at radius 1 is 1.33 bits per heavy atom. The summed E-state index contributed by atoms with van der Waals surface area (Å²) in [6.07, 6.45) is 6.65. The van der Waals surface area contributed by atoms with Gasteiger partial charge in [-0.3, -0.25) is 0 Å². The fraction of sp³-hybridized carbons (Fsp3) is 0.579. The van der Waals surface area contributed by atoms with Gasteiger partial charge in [0.2, 0.25) is 0 Å². The molecule has 0 saturated carbocycles. The molecule has 1 aromatic rings. The molecular formula is C19H25BrO4. The predicted molar refractivity (Wildman–Crippen MR) is 96.2 cm³/mol. The van der Waals surface area contributed by atoms with Gasteiger partial charge in [-0.1, -0.05) is 27.6 Å². The van der Waals surface area contributed by atoms with E-state index in [1.54, 1.807) is 7.11 Å². The van der Waals surface area contributed by atoms with Crippen LogP contribution in [0.5, 0.6) is 5.75 Å². The average molecular weight is 397 g/mol. The Hall–Kier alpha value is -0.880. The minimum atomic E-state index is -0.390. The summed E-state index contributed by atoms with van der Waals surface area (Å²) >= 11 is 3.60. The fourth-order valence-corrected chi connectivity index (χ4v) is 3.99. The Morgan fingerprint density at radius 2 is 2.12 bits per heavy atom. The first kappa shape index (κ1) is 17.9. The van der Waals surface area contributed by atoms with E-state index in [9.17, 15) is 5.11 Å². The molecule has 0 amide bonds. The molecule has 1 atom stereocenters. The van der Waals surface area contributed by atoms with E-state index in [-0.39, 0.29) is 18.3 Å². The third kappa shape index (κ3) is 4.02. The summed E-state index contributed by atoms with van der Waals surface area (Å²) in [6, 6.07) is 6.02. The third-order valence-corrected chi connectivity index (χ3v) is 5.82. The van der Waals surface area contributed by atoms with Crippen molar-refractivity contribution < 1.29 is 19.3 Å². The normalized spacial score (nSPS) is 20.9. The van der Waals surface area contributed by atoms with Crippen LogP contribution in [-0.2, 0) is 15.9 Å². The lowest BCUT2D eigenvalue weighted by molar-refractivity contribution is -0.161. The van der Waals surface area contributed by atoms with E-state index in [0.29, 0.717) is 13.2 Å². The lowest BCUT2D eigenvalue weighted by Gasteiger charge is -2.32. The monoisotopic (exact) mass is 396 g/mol. The molecule has 0 bridgehead atoms. The van der Waals surface area contributed by atoms with E-state index >= 15 is 0 Å². The molecule has 3 rings (SSSR count). The molecule has 1 fully saturated rings. The van der Waals surface area contributed by atoms with E-state index in [0.717, 1.165) is 42.3 Å². The zero-order valence-electron chi connectivity index (χ0n) is 14.1. The largest absolute Gasteiger partial charge is 0.497 e. The van der Waals surface area contributed by atoms with Crippen LogP contribution in [0.1, 0.15) is 31.2 Å². The molecule has 0 aromatic heterocycles. The van der Waals surface area contributed by atoms with Gasteiger partial charge in [-0.25, -0.2) is 0 Å². The summed E-state index contributed by atoms with van der Waals surface area (Å²) in [5.74, 6) is 0.671. The molecule has 132 valence electrons. The van der Waals surface area contributed by atoms with Gasteiger partial charge in [0.15, 0.2) is 5.79 Å². The number of hydrogen-bond acceptors (Lipinski definition) is 4. The van der Waals surface area contributed by atoms with Crippen molar-refractivity contribution in [1.29, 1.82) is 0 Å². The maximum Gasteiger partial charge on any atom is 0.172 e. The van der Waals surface area contributed by atoms with Crippen LogP contribution in [-0.4, -0.2) is 37.8 Å². The third-order valence-electron chi connectivity index (χ3n) is 5.04. The molecule has 1 aliphatic carbocycles. The standard InChI is InChI=1S/C19H25BrO4/c1-22-17-4-5-18(20)15(12-17)2-3-16(13-21)14-6-8-19(9-7-14)23-10-11-24-19/h4-6,12,16,21H,2-3,7-11,13H2,1H3/t16-/m1/s1. The van der Waals surface area contributed by atoms with Gasteiger partial charge in [-0.05, 0) is 43.0 Å². The van der Waals surface area contributed by atoms with Gasteiger partial charge in [-0.15, -0.1) is 0 Å². The van der Waals surface area contributed by atoms with Crippen molar-refractivity contribution in [2.24, 2.45) is 5.92 Å². The fourth-order valence-electron chi connectivity index (χ4n) is 3.55. The SMILES string of the molecule is COc1ccc(Br)c(CC[C@H](CO)C2=CCC3(CC2)OCCO3)c1. The van der Waals surface area contributed by atoms with Gasteiger partial charge in [0.25, 0.3) is 0 Å². The number of rotatable bonds is 6. The molecular weight excluding hydrogens is 372 g/mol. The molecule has 4 nitrogen and oxygen atoms in total. The molecule has 2 aliphatic rings. The first-order chi connectivity index (χ1) is 11.7. The summed E-state index contributed by atoms with van der Waals surface area (Å²) in [7, 11) is 1.68. The highest BCUT2D eigenvalue weighted by Gasteiger charge is 2.38. The number of methoxy groups -OCH3 is 1. The van der Waals surface area contributed by atoms with Gasteiger partial charge in [0.05, 0.1) is 20.3 Å². The molecule has 1 aliphatic heterocycles. The summed E-state index contributed by atoms with van der Waals surface area (Å²) < 4.78 is 17.9. The van der Waals surface area contributed by atoms with Crippen LogP contribution in [0.2, 0.25) is 0 Å². The molecule has 24 heavy (non-hydrogen) atoms. The Morgan fingerprint density at radius 3 is 2.75 bits per heavy atom. The molecule has 5 heteroatoms. The van der Waals surface area contributed by atoms with Gasteiger partial charge in [0.1, 0.15) is 5.75 Å². The maximum atomic E-state index is 9.84. The van der Waals surface area contributed by atoms with Crippen molar-refractivity contribution in [3.63, 3.8) is 0 Å². The van der Waals surface area contributed by atoms with Crippen molar-refractivity contribution in [2.45, 2.75) is 37.9 Å². The van der Waals surface area contributed by atoms with Crippen LogP contribution in [0.25, 0.3) is 0 Å². The Bertz CT molecular complexity index is 593. The number of aliphatic hydroxyl groups excluding tert-OH is 1. The Labute approximate surface area is 151 Å². The minimum Gasteiger partial charge on any atom is -0.497 e. The second kappa shape index (κ2) is 8.00. The second-order valence-corrected chi connectivity index (χ2v) is 7.32. The molecule has 0 unspecified atom stereocenters. The number of aryl methyl sites for hydroxylation is 1. The van der Waals surface area contributed by atoms with E-state index in [1.165, 1.54) is 11.1 Å². The number of hydrogen-bond donors (Lipinski definition) is 1. The van der Waals surface area contributed by atoms with Crippen molar-refractivity contribution in [2.75, 3.05) is 26.9 Å². The van der Waals surface area contributed by atoms with Crippen LogP contribution >= 0.6 is 15.9 Å². The lowest BCUT2D eigenvalue weighted by Crippen LogP contribution is -2.33. The molecule has 1 heterocycles. The zero-order chi connectivity index (χ0) is 17.0. The van der Waals surface area contributed by atoms with E-state index in [4.69, 9.17) is 14.2 Å². The topological polar surface area (TPSA) is 47.9 Å². The quantitative estimate of drug-likeness (QED) is 0.741. The smallest absolute Gasteiger partial charge is 0.172 e. The maximum absolute atomic E-state index is 9.84. The van der Waals surface area contributed by atoms with Crippen LogP contribution in [0.15, 0.2) is 34.3 Å². The number of ether oxygens (including phenoxy) is 3. The second-order valence-electron chi connectivity index (χ2n) is 6.47. The highest BCUT2D eigenvalue weighted by molar-refractivity contribution is 9.10. The average Bonchev–Trinajstić information content (AvgIpc) is 3.06. The number of halogens is 1. The molecule has 0 radical (unpaired) electrons. The summed E-state index contributed by atoms with van der Waals surface area (Å²) in [6.45, 7) is 1.56. The van der Waals surface area contributed by atoms with Gasteiger partial charge in [-0.2, -0.15) is 0 Å². The van der Waals surface area contributed by atoms with E-state index < -0.39 is 0 Å². The molecule has 1 N–H and O–H groups in total. The number of aliphatic hydroxyl groups is 1. The van der Waals surface area contributed by atoms with Crippen molar-refractivity contribution >= 4 is 15.9 Å². The highest BCUT2D eigenvalue weighted by atomic mass is 79.9. The van der Waals surface area contributed by atoms with E-state index in [2.05, 4.69) is 28.1 Å². The Balaban J connectivity index is 1.62. The summed E-state index contributed by atoms with van der Waals surface area (Å²) in [5.41, 5.74) is 2.55. The van der Waals surface area contributed by atoms with Crippen LogP contribution in [0, 0.1) is 5.92 Å². The minimum absolute atomic E-state index is 0.183. The number of benzene rings is 1. The van der Waals surface area contributed by atoms with Crippen LogP contribution < -0.4 is 4.74 Å². The first-order valence-corrected chi connectivity index (χ1v) is 9.35. The van der Waals surface area contributed by atoms with Gasteiger partial charge >= 0.3 is 0 Å². The van der Waals surface area contributed by atoms with Gasteiger partial charge in [0, 0.05) is 29.8 Å². The van der Waals surface area contributed by atoms with Gasteiger partial charge < -0.3 is 19.3 Å². The van der Waals surface area contributed by atoms with Crippen molar-refractivity contribution in [3.8, 4) is 5.75 Å².